The molecule has 0 aliphatic heterocycles. The molecule has 43 heavy (non-hydrogen) atoms. The van der Waals surface area contributed by atoms with Crippen LogP contribution in [-0.2, 0) is 0 Å². The van der Waals surface area contributed by atoms with Gasteiger partial charge in [0.05, 0.1) is 11.9 Å². The van der Waals surface area contributed by atoms with Crippen molar-refractivity contribution in [3.05, 3.63) is 153 Å². The van der Waals surface area contributed by atoms with Crippen LogP contribution in [0, 0.1) is 0 Å². The number of halogens is 2. The van der Waals surface area contributed by atoms with Crippen molar-refractivity contribution in [3.63, 3.8) is 0 Å². The van der Waals surface area contributed by atoms with E-state index in [1.54, 1.807) is 85.1 Å². The predicted octanol–water partition coefficient (Wildman–Crippen LogP) is 7.67. The standard InChI is InChI=1S/C34H25BrClN3O4/c1-39(26-13-11-25(36)12-14-26)27-15-17-30(37-20-27)31(40)22-10-16-29(38-34(43)23-8-5-9-24(35)18-23)28(19-22)33(42)32(41)21-6-3-2-4-7-21/h2-20,33,42H,1H3,(H,38,43). The monoisotopic (exact) mass is 653 g/mol. The summed E-state index contributed by atoms with van der Waals surface area (Å²) in [4.78, 5) is 46.0. The van der Waals surface area contributed by atoms with E-state index in [2.05, 4.69) is 26.2 Å². The third-order valence-electron chi connectivity index (χ3n) is 6.83. The lowest BCUT2D eigenvalue weighted by Gasteiger charge is -2.19. The highest BCUT2D eigenvalue weighted by Gasteiger charge is 2.25. The number of benzene rings is 4. The lowest BCUT2D eigenvalue weighted by atomic mass is 9.95. The van der Waals surface area contributed by atoms with Gasteiger partial charge in [-0.15, -0.1) is 0 Å². The zero-order valence-corrected chi connectivity index (χ0v) is 25.2. The number of aromatic nitrogens is 1. The second-order valence-electron chi connectivity index (χ2n) is 9.67. The number of amides is 1. The fraction of sp³-hybridized carbons (Fsp3) is 0.0588. The lowest BCUT2D eigenvalue weighted by molar-refractivity contribution is 0.0747. The molecule has 9 heteroatoms. The number of hydrogen-bond acceptors (Lipinski definition) is 6. The Morgan fingerprint density at radius 2 is 1.51 bits per heavy atom. The molecule has 5 aromatic rings. The quantitative estimate of drug-likeness (QED) is 0.158. The molecule has 0 fully saturated rings. The summed E-state index contributed by atoms with van der Waals surface area (Å²) in [6.45, 7) is 0. The minimum atomic E-state index is -1.64. The van der Waals surface area contributed by atoms with Gasteiger partial charge >= 0.3 is 0 Å². The predicted molar refractivity (Wildman–Crippen MR) is 171 cm³/mol. The second kappa shape index (κ2) is 13.1. The molecule has 1 heterocycles. The van der Waals surface area contributed by atoms with Gasteiger partial charge in [-0.05, 0) is 72.8 Å². The second-order valence-corrected chi connectivity index (χ2v) is 11.0. The van der Waals surface area contributed by atoms with Gasteiger partial charge in [-0.2, -0.15) is 0 Å². The normalized spacial score (nSPS) is 11.4. The smallest absolute Gasteiger partial charge is 0.255 e. The Morgan fingerprint density at radius 3 is 2.19 bits per heavy atom. The van der Waals surface area contributed by atoms with E-state index in [0.717, 1.165) is 15.8 Å². The molecular weight excluding hydrogens is 630 g/mol. The number of Topliss-reactive ketones (excluding diaryl/α,β-unsaturated/α-hetero) is 1. The fourth-order valence-electron chi connectivity index (χ4n) is 4.45. The van der Waals surface area contributed by atoms with Gasteiger partial charge in [0.15, 0.2) is 5.78 Å². The molecule has 0 saturated carbocycles. The van der Waals surface area contributed by atoms with Crippen molar-refractivity contribution in [2.45, 2.75) is 6.10 Å². The number of aliphatic hydroxyl groups is 1. The topological polar surface area (TPSA) is 99.6 Å². The summed E-state index contributed by atoms with van der Waals surface area (Å²) in [5.74, 6) is -1.43. The van der Waals surface area contributed by atoms with Crippen LogP contribution in [0.15, 0.2) is 120 Å². The molecule has 1 aromatic heterocycles. The number of nitrogens with one attached hydrogen (secondary N) is 1. The Kier molecular flexibility index (Phi) is 9.11. The largest absolute Gasteiger partial charge is 0.380 e. The van der Waals surface area contributed by atoms with Crippen LogP contribution in [0.25, 0.3) is 0 Å². The number of hydrogen-bond donors (Lipinski definition) is 2. The van der Waals surface area contributed by atoms with Crippen LogP contribution in [0.1, 0.15) is 48.4 Å². The zero-order valence-electron chi connectivity index (χ0n) is 22.9. The van der Waals surface area contributed by atoms with Gasteiger partial charge in [0.1, 0.15) is 11.8 Å². The summed E-state index contributed by atoms with van der Waals surface area (Å²) >= 11 is 9.36. The minimum absolute atomic E-state index is 0.0853. The van der Waals surface area contributed by atoms with E-state index in [9.17, 15) is 19.5 Å². The first-order valence-corrected chi connectivity index (χ1v) is 14.4. The van der Waals surface area contributed by atoms with Crippen LogP contribution in [0.2, 0.25) is 5.02 Å². The van der Waals surface area contributed by atoms with Crippen molar-refractivity contribution in [1.82, 2.24) is 4.98 Å². The number of ketones is 2. The third kappa shape index (κ3) is 6.89. The van der Waals surface area contributed by atoms with E-state index in [4.69, 9.17) is 11.6 Å². The maximum atomic E-state index is 13.5. The van der Waals surface area contributed by atoms with Gasteiger partial charge in [0.2, 0.25) is 5.78 Å². The SMILES string of the molecule is CN(c1ccc(Cl)cc1)c1ccc(C(=O)c2ccc(NC(=O)c3cccc(Br)c3)c(C(O)C(=O)c3ccccc3)c2)nc1. The number of carbonyl (C=O) groups excluding carboxylic acids is 3. The summed E-state index contributed by atoms with van der Waals surface area (Å²) in [5.41, 5.74) is 2.97. The van der Waals surface area contributed by atoms with Gasteiger partial charge in [-0.25, -0.2) is 0 Å². The molecule has 0 bridgehead atoms. The Labute approximate surface area is 261 Å². The van der Waals surface area contributed by atoms with Crippen LogP contribution >= 0.6 is 27.5 Å². The van der Waals surface area contributed by atoms with Gasteiger partial charge in [-0.1, -0.05) is 63.9 Å². The van der Waals surface area contributed by atoms with Gasteiger partial charge in [0, 0.05) is 50.2 Å². The maximum Gasteiger partial charge on any atom is 0.255 e. The molecule has 214 valence electrons. The lowest BCUT2D eigenvalue weighted by Crippen LogP contribution is -2.19. The van der Waals surface area contributed by atoms with Crippen molar-refractivity contribution < 1.29 is 19.5 Å². The summed E-state index contributed by atoms with van der Waals surface area (Å²) in [6.07, 6.45) is -0.0559. The number of anilines is 3. The van der Waals surface area contributed by atoms with E-state index >= 15 is 0 Å². The first-order valence-electron chi connectivity index (χ1n) is 13.2. The molecule has 1 amide bonds. The Hall–Kier alpha value is -4.63. The first kappa shape index (κ1) is 29.8. The van der Waals surface area contributed by atoms with Crippen molar-refractivity contribution in [1.29, 1.82) is 0 Å². The molecule has 7 nitrogen and oxygen atoms in total. The maximum absolute atomic E-state index is 13.5. The highest BCUT2D eigenvalue weighted by atomic mass is 79.9. The Bertz CT molecular complexity index is 1800. The first-order chi connectivity index (χ1) is 20.7. The highest BCUT2D eigenvalue weighted by Crippen LogP contribution is 2.30. The molecule has 0 aliphatic carbocycles. The molecule has 1 atom stereocenters. The number of rotatable bonds is 9. The zero-order chi connectivity index (χ0) is 30.5. The molecule has 5 rings (SSSR count). The number of nitrogens with zero attached hydrogens (tertiary/aromatic N) is 2. The number of carbonyl (C=O) groups is 3. The van der Waals surface area contributed by atoms with Crippen LogP contribution in [0.5, 0.6) is 0 Å². The molecule has 0 aliphatic rings. The summed E-state index contributed by atoms with van der Waals surface area (Å²) in [5, 5.41) is 14.6. The average Bonchev–Trinajstić information content (AvgIpc) is 3.04. The van der Waals surface area contributed by atoms with Crippen LogP contribution in [-0.4, -0.2) is 34.6 Å². The third-order valence-corrected chi connectivity index (χ3v) is 7.58. The van der Waals surface area contributed by atoms with Crippen molar-refractivity contribution in [2.75, 3.05) is 17.3 Å². The molecular formula is C34H25BrClN3O4. The van der Waals surface area contributed by atoms with E-state index < -0.39 is 23.6 Å². The minimum Gasteiger partial charge on any atom is -0.380 e. The van der Waals surface area contributed by atoms with Crippen molar-refractivity contribution >= 4 is 62.1 Å². The number of aliphatic hydroxyl groups excluding tert-OH is 1. The van der Waals surface area contributed by atoms with Gasteiger partial charge in [0.25, 0.3) is 5.91 Å². The van der Waals surface area contributed by atoms with Crippen LogP contribution in [0.4, 0.5) is 17.1 Å². The number of pyridine rings is 1. The Balaban J connectivity index is 1.45. The van der Waals surface area contributed by atoms with Crippen LogP contribution in [0.3, 0.4) is 0 Å². The van der Waals surface area contributed by atoms with E-state index in [1.165, 1.54) is 18.2 Å². The average molecular weight is 655 g/mol. The van der Waals surface area contributed by atoms with Crippen LogP contribution < -0.4 is 10.2 Å². The molecule has 2 N–H and O–H groups in total. The molecule has 4 aromatic carbocycles. The van der Waals surface area contributed by atoms with Gasteiger partial charge < -0.3 is 15.3 Å². The molecule has 0 spiro atoms. The molecule has 1 unspecified atom stereocenters. The van der Waals surface area contributed by atoms with Crippen molar-refractivity contribution in [2.24, 2.45) is 0 Å². The van der Waals surface area contributed by atoms with E-state index in [1.807, 2.05) is 24.1 Å². The summed E-state index contributed by atoms with van der Waals surface area (Å²) < 4.78 is 0.721. The summed E-state index contributed by atoms with van der Waals surface area (Å²) in [7, 11) is 1.88. The van der Waals surface area contributed by atoms with E-state index in [0.29, 0.717) is 10.6 Å². The summed E-state index contributed by atoms with van der Waals surface area (Å²) in [6, 6.07) is 30.3. The van der Waals surface area contributed by atoms with E-state index in [-0.39, 0.29) is 28.1 Å². The molecule has 0 saturated heterocycles. The van der Waals surface area contributed by atoms with Gasteiger partial charge in [-0.3, -0.25) is 19.4 Å². The highest BCUT2D eigenvalue weighted by molar-refractivity contribution is 9.10. The fourth-order valence-corrected chi connectivity index (χ4v) is 4.98. The van der Waals surface area contributed by atoms with Crippen molar-refractivity contribution in [3.8, 4) is 0 Å². The Morgan fingerprint density at radius 1 is 0.814 bits per heavy atom. The molecule has 0 radical (unpaired) electrons.